The molecule has 2 aromatic heterocycles. The average molecular weight is 340 g/mol. The Hall–Kier alpha value is -2.84. The fourth-order valence-electron chi connectivity index (χ4n) is 2.75. The van der Waals surface area contributed by atoms with Crippen LogP contribution in [0, 0.1) is 12.3 Å². The molecule has 1 aliphatic heterocycles. The van der Waals surface area contributed by atoms with Crippen LogP contribution in [0.1, 0.15) is 17.7 Å². The molecule has 1 unspecified atom stereocenters. The van der Waals surface area contributed by atoms with E-state index in [4.69, 9.17) is 5.41 Å². The predicted molar refractivity (Wildman–Crippen MR) is 95.8 cm³/mol. The molecule has 8 nitrogen and oxygen atoms in total. The Morgan fingerprint density at radius 3 is 3.04 bits per heavy atom. The Kier molecular flexibility index (Phi) is 5.32. The van der Waals surface area contributed by atoms with Crippen molar-refractivity contribution < 1.29 is 10.1 Å². The molecule has 0 aliphatic carbocycles. The van der Waals surface area contributed by atoms with Crippen LogP contribution in [0.4, 0.5) is 22.0 Å². The van der Waals surface area contributed by atoms with E-state index in [1.165, 1.54) is 6.21 Å². The van der Waals surface area contributed by atoms with Gasteiger partial charge >= 0.3 is 6.03 Å². The van der Waals surface area contributed by atoms with Gasteiger partial charge in [0.05, 0.1) is 11.8 Å². The van der Waals surface area contributed by atoms with E-state index in [0.717, 1.165) is 36.6 Å². The molecule has 1 fully saturated rings. The van der Waals surface area contributed by atoms with E-state index >= 15 is 0 Å². The Morgan fingerprint density at radius 1 is 1.44 bits per heavy atom. The van der Waals surface area contributed by atoms with Gasteiger partial charge in [0.1, 0.15) is 11.5 Å². The summed E-state index contributed by atoms with van der Waals surface area (Å²) >= 11 is 0. The number of aryl methyl sites for hydroxylation is 1. The van der Waals surface area contributed by atoms with Crippen molar-refractivity contribution in [3.63, 3.8) is 0 Å². The first kappa shape index (κ1) is 17.0. The van der Waals surface area contributed by atoms with Crippen molar-refractivity contribution in [2.75, 3.05) is 18.4 Å². The van der Waals surface area contributed by atoms with E-state index < -0.39 is 0 Å². The fourth-order valence-corrected chi connectivity index (χ4v) is 2.75. The molecule has 0 spiro atoms. The highest BCUT2D eigenvalue weighted by atomic mass is 16.2. The third-order valence-electron chi connectivity index (χ3n) is 4.00. The molecule has 0 aromatic carbocycles. The molecular weight excluding hydrogens is 318 g/mol. The van der Waals surface area contributed by atoms with Crippen LogP contribution in [-0.4, -0.2) is 41.3 Å². The molecule has 2 aromatic rings. The number of carbonyl (C=O) groups excluding carboxylic acids is 1. The molecule has 0 bridgehead atoms. The van der Waals surface area contributed by atoms with Crippen LogP contribution in [0.25, 0.3) is 0 Å². The van der Waals surface area contributed by atoms with Gasteiger partial charge in [0, 0.05) is 42.8 Å². The summed E-state index contributed by atoms with van der Waals surface area (Å²) in [6.07, 6.45) is 5.58. The monoisotopic (exact) mass is 340 g/mol. The highest BCUT2D eigenvalue weighted by molar-refractivity contribution is 5.91. The Bertz CT molecular complexity index is 771. The first-order chi connectivity index (χ1) is 12.1. The van der Waals surface area contributed by atoms with Crippen LogP contribution in [0.5, 0.6) is 0 Å². The Labute approximate surface area is 146 Å². The molecule has 3 rings (SSSR count). The largest absolute Gasteiger partial charge is 0.334 e. The van der Waals surface area contributed by atoms with E-state index in [-0.39, 0.29) is 12.1 Å². The van der Waals surface area contributed by atoms with Crippen LogP contribution in [-0.2, 0) is 0 Å². The zero-order valence-electron chi connectivity index (χ0n) is 14.0. The van der Waals surface area contributed by atoms with Gasteiger partial charge in [0.15, 0.2) is 5.69 Å². The number of nitrogens with one attached hydrogen (secondary N) is 4. The third kappa shape index (κ3) is 4.59. The number of hydrogen-bond acceptors (Lipinski definition) is 5. The molecule has 0 saturated carbocycles. The maximum Gasteiger partial charge on any atom is 0.320 e. The second-order valence-electron chi connectivity index (χ2n) is 6.01. The second-order valence-corrected chi connectivity index (χ2v) is 6.01. The minimum atomic E-state index is -0.279. The summed E-state index contributed by atoms with van der Waals surface area (Å²) < 4.78 is 0. The van der Waals surface area contributed by atoms with E-state index in [0.29, 0.717) is 11.4 Å². The van der Waals surface area contributed by atoms with Gasteiger partial charge in [-0.2, -0.15) is 0 Å². The maximum atomic E-state index is 12.0. The van der Waals surface area contributed by atoms with Crippen LogP contribution < -0.4 is 21.3 Å². The number of pyridine rings is 2. The summed E-state index contributed by atoms with van der Waals surface area (Å²) in [6, 6.07) is 5.42. The number of urea groups is 1. The third-order valence-corrected chi connectivity index (χ3v) is 4.00. The van der Waals surface area contributed by atoms with Crippen LogP contribution in [0.15, 0.2) is 30.6 Å². The normalized spacial score (nSPS) is 16.4. The first-order valence-electron chi connectivity index (χ1n) is 8.20. The van der Waals surface area contributed by atoms with Crippen LogP contribution >= 0.6 is 0 Å². The number of quaternary nitrogens is 1. The second kappa shape index (κ2) is 7.82. The summed E-state index contributed by atoms with van der Waals surface area (Å²) in [5.74, 6) is 0.421. The Morgan fingerprint density at radius 2 is 2.32 bits per heavy atom. The van der Waals surface area contributed by atoms with E-state index in [2.05, 4.69) is 25.9 Å². The lowest BCUT2D eigenvalue weighted by Crippen LogP contribution is -2.71. The molecule has 1 saturated heterocycles. The fraction of sp³-hybridized carbons (Fsp3) is 0.294. The number of nitrogens with zero attached hydrogens (tertiary/aromatic N) is 2. The summed E-state index contributed by atoms with van der Waals surface area (Å²) in [4.78, 5) is 20.5. The van der Waals surface area contributed by atoms with Crippen molar-refractivity contribution in [3.05, 3.63) is 41.9 Å². The zero-order chi connectivity index (χ0) is 17.6. The minimum Gasteiger partial charge on any atom is -0.334 e. The van der Waals surface area contributed by atoms with Gasteiger partial charge < -0.3 is 16.0 Å². The molecule has 0 radical (unpaired) electrons. The number of hydrogen-bond donors (Lipinski definition) is 5. The number of carbonyl (C=O) groups is 1. The smallest absolute Gasteiger partial charge is 0.320 e. The highest BCUT2D eigenvalue weighted by Gasteiger charge is 2.17. The topological polar surface area (TPSA) is 119 Å². The van der Waals surface area contributed by atoms with Gasteiger partial charge in [-0.05, 0) is 26.0 Å². The quantitative estimate of drug-likeness (QED) is 0.517. The zero-order valence-corrected chi connectivity index (χ0v) is 14.0. The summed E-state index contributed by atoms with van der Waals surface area (Å²) in [6.45, 7) is 3.63. The van der Waals surface area contributed by atoms with Gasteiger partial charge in [0.2, 0.25) is 0 Å². The van der Waals surface area contributed by atoms with Gasteiger partial charge in [-0.15, -0.1) is 0 Å². The summed E-state index contributed by atoms with van der Waals surface area (Å²) in [5.41, 5.74) is 3.41. The van der Waals surface area contributed by atoms with Crippen molar-refractivity contribution >= 4 is 29.4 Å². The molecule has 25 heavy (non-hydrogen) atoms. The number of anilines is 1. The number of rotatable bonds is 5. The molecule has 130 valence electrons. The molecule has 6 N–H and O–H groups in total. The lowest BCUT2D eigenvalue weighted by molar-refractivity contribution is -0.479. The van der Waals surface area contributed by atoms with Crippen molar-refractivity contribution in [2.45, 2.75) is 19.4 Å². The number of aromatic nitrogens is 2. The van der Waals surface area contributed by atoms with E-state index in [1.807, 2.05) is 24.4 Å². The van der Waals surface area contributed by atoms with E-state index in [9.17, 15) is 4.79 Å². The molecule has 3 heterocycles. The van der Waals surface area contributed by atoms with Crippen molar-refractivity contribution in [2.24, 2.45) is 0 Å². The van der Waals surface area contributed by atoms with E-state index in [1.54, 1.807) is 18.5 Å². The van der Waals surface area contributed by atoms with Crippen molar-refractivity contribution in [3.8, 4) is 0 Å². The van der Waals surface area contributed by atoms with Crippen molar-refractivity contribution in [1.82, 2.24) is 20.6 Å². The van der Waals surface area contributed by atoms with Crippen molar-refractivity contribution in [1.29, 1.82) is 5.41 Å². The van der Waals surface area contributed by atoms with Gasteiger partial charge in [-0.25, -0.2) is 9.78 Å². The summed E-state index contributed by atoms with van der Waals surface area (Å²) in [5, 5.41) is 18.4. The average Bonchev–Trinajstić information content (AvgIpc) is 3.09. The standard InChI is InChI=1S/C17H21N7O/c1-11-6-13(3-5-20-11)22-15-10-21-16(7-12(15)8-18)24-17(25)23-14-2-4-19-9-14/h3,5-8,10,14,18-19H,2,4,9H2,1H3,(H,20,22)(H2,21,23,24,25)/p+1. The highest BCUT2D eigenvalue weighted by Crippen LogP contribution is 2.14. The minimum absolute atomic E-state index is 0.143. The lowest BCUT2D eigenvalue weighted by atomic mass is 10.2. The molecular formula is C17H22N7O+. The molecule has 2 amide bonds. The number of amides is 2. The van der Waals surface area contributed by atoms with Gasteiger partial charge in [-0.3, -0.25) is 15.6 Å². The van der Waals surface area contributed by atoms with Gasteiger partial charge in [0.25, 0.3) is 0 Å². The predicted octanol–water partition coefficient (Wildman–Crippen LogP) is 0.793. The van der Waals surface area contributed by atoms with Crippen LogP contribution in [0.2, 0.25) is 0 Å². The molecule has 1 aliphatic rings. The SMILES string of the molecule is Cc1cc([NH2+]c2cnc(NC(=O)NC3CCNC3)cc2C=N)ccn1. The Balaban J connectivity index is 1.68. The lowest BCUT2D eigenvalue weighted by Gasteiger charge is -2.12. The van der Waals surface area contributed by atoms with Crippen LogP contribution in [0.3, 0.4) is 0 Å². The van der Waals surface area contributed by atoms with Gasteiger partial charge in [-0.1, -0.05) is 0 Å². The molecule has 8 heteroatoms. The maximum absolute atomic E-state index is 12.0. The summed E-state index contributed by atoms with van der Waals surface area (Å²) in [7, 11) is 0. The molecule has 1 atom stereocenters. The number of nitrogens with two attached hydrogens (primary N) is 1. The first-order valence-corrected chi connectivity index (χ1v) is 8.20.